The number of ether oxygens (including phenoxy) is 1. The van der Waals surface area contributed by atoms with Gasteiger partial charge >= 0.3 is 0 Å². The lowest BCUT2D eigenvalue weighted by atomic mass is 10.2. The predicted molar refractivity (Wildman–Crippen MR) is 77.5 cm³/mol. The van der Waals surface area contributed by atoms with E-state index >= 15 is 0 Å². The molecular formula is C15H16FNO2S. The first-order valence-corrected chi connectivity index (χ1v) is 7.58. The Hall–Kier alpha value is -1.72. The van der Waals surface area contributed by atoms with E-state index in [2.05, 4.69) is 0 Å². The summed E-state index contributed by atoms with van der Waals surface area (Å²) in [7, 11) is -1.41. The molecule has 106 valence electrons. The average molecular weight is 293 g/mol. The molecule has 2 N–H and O–H groups in total. The monoisotopic (exact) mass is 293 g/mol. The van der Waals surface area contributed by atoms with Gasteiger partial charge in [-0.2, -0.15) is 0 Å². The fourth-order valence-corrected chi connectivity index (χ4v) is 2.75. The van der Waals surface area contributed by atoms with Crippen molar-refractivity contribution >= 4 is 10.8 Å². The molecule has 0 fully saturated rings. The van der Waals surface area contributed by atoms with Gasteiger partial charge in [-0.3, -0.25) is 4.21 Å². The van der Waals surface area contributed by atoms with Gasteiger partial charge in [-0.1, -0.05) is 30.3 Å². The maximum absolute atomic E-state index is 13.5. The smallest absolute Gasteiger partial charge is 0.139 e. The third-order valence-corrected chi connectivity index (χ3v) is 4.16. The maximum atomic E-state index is 13.5. The Morgan fingerprint density at radius 3 is 2.55 bits per heavy atom. The van der Waals surface area contributed by atoms with E-state index in [1.165, 1.54) is 12.1 Å². The van der Waals surface area contributed by atoms with Crippen LogP contribution in [-0.2, 0) is 17.3 Å². The van der Waals surface area contributed by atoms with Gasteiger partial charge in [0.25, 0.3) is 0 Å². The average Bonchev–Trinajstić information content (AvgIpc) is 2.48. The number of hydrogen-bond donors (Lipinski definition) is 1. The van der Waals surface area contributed by atoms with E-state index in [0.29, 0.717) is 12.3 Å². The third kappa shape index (κ3) is 3.65. The van der Waals surface area contributed by atoms with E-state index in [9.17, 15) is 8.60 Å². The minimum atomic E-state index is -1.41. The fraction of sp³-hybridized carbons (Fsp3) is 0.200. The second-order valence-corrected chi connectivity index (χ2v) is 5.68. The largest absolute Gasteiger partial charge is 0.492 e. The molecule has 1 atom stereocenters. The maximum Gasteiger partial charge on any atom is 0.139 e. The van der Waals surface area contributed by atoms with Crippen LogP contribution in [0.2, 0.25) is 0 Å². The van der Waals surface area contributed by atoms with E-state index in [1.54, 1.807) is 12.1 Å². The molecule has 2 rings (SSSR count). The Kier molecular flexibility index (Phi) is 5.26. The van der Waals surface area contributed by atoms with Gasteiger partial charge in [-0.05, 0) is 18.2 Å². The van der Waals surface area contributed by atoms with Crippen molar-refractivity contribution in [2.24, 2.45) is 5.73 Å². The third-order valence-electron chi connectivity index (χ3n) is 2.80. The lowest BCUT2D eigenvalue weighted by Gasteiger charge is -2.10. The van der Waals surface area contributed by atoms with Crippen molar-refractivity contribution in [2.75, 3.05) is 12.4 Å². The standard InChI is InChI=1S/C15H16FNO2S/c16-13-6-2-4-8-15(13)20(18)10-9-19-14-7-3-1-5-12(14)11-17/h1-8H,9-11,17H2. The minimum Gasteiger partial charge on any atom is -0.492 e. The van der Waals surface area contributed by atoms with Crippen LogP contribution in [-0.4, -0.2) is 16.6 Å². The van der Waals surface area contributed by atoms with Crippen LogP contribution in [0.5, 0.6) is 5.75 Å². The number of benzene rings is 2. The van der Waals surface area contributed by atoms with Crippen LogP contribution in [0.25, 0.3) is 0 Å². The molecule has 0 aromatic heterocycles. The van der Waals surface area contributed by atoms with Crippen molar-refractivity contribution < 1.29 is 13.3 Å². The van der Waals surface area contributed by atoms with Crippen molar-refractivity contribution in [2.45, 2.75) is 11.4 Å². The molecule has 2 aromatic rings. The summed E-state index contributed by atoms with van der Waals surface area (Å²) in [5.41, 5.74) is 6.50. The molecule has 0 aliphatic rings. The lowest BCUT2D eigenvalue weighted by Crippen LogP contribution is -2.11. The Labute approximate surface area is 120 Å². The summed E-state index contributed by atoms with van der Waals surface area (Å²) in [4.78, 5) is 0.211. The van der Waals surface area contributed by atoms with E-state index < -0.39 is 16.6 Å². The molecule has 0 heterocycles. The summed E-state index contributed by atoms with van der Waals surface area (Å²) < 4.78 is 31.0. The molecule has 0 bridgehead atoms. The Bertz CT molecular complexity index is 604. The van der Waals surface area contributed by atoms with Gasteiger partial charge in [0.15, 0.2) is 0 Å². The molecule has 0 saturated heterocycles. The molecule has 3 nitrogen and oxygen atoms in total. The molecule has 0 aliphatic heterocycles. The van der Waals surface area contributed by atoms with Crippen molar-refractivity contribution in [3.63, 3.8) is 0 Å². The molecule has 20 heavy (non-hydrogen) atoms. The lowest BCUT2D eigenvalue weighted by molar-refractivity contribution is 0.339. The minimum absolute atomic E-state index is 0.211. The highest BCUT2D eigenvalue weighted by atomic mass is 32.2. The molecule has 1 unspecified atom stereocenters. The molecule has 5 heteroatoms. The SMILES string of the molecule is NCc1ccccc1OCCS(=O)c1ccccc1F. The predicted octanol–water partition coefficient (Wildman–Crippen LogP) is 2.47. The first-order chi connectivity index (χ1) is 9.72. The summed E-state index contributed by atoms with van der Waals surface area (Å²) in [6.07, 6.45) is 0. The Morgan fingerprint density at radius 1 is 1.10 bits per heavy atom. The molecule has 0 radical (unpaired) electrons. The second-order valence-electron chi connectivity index (χ2n) is 4.14. The van der Waals surface area contributed by atoms with E-state index in [4.69, 9.17) is 10.5 Å². The zero-order chi connectivity index (χ0) is 14.4. The van der Waals surface area contributed by atoms with Gasteiger partial charge in [0.05, 0.1) is 21.4 Å². The normalized spacial score (nSPS) is 12.1. The van der Waals surface area contributed by atoms with Crippen LogP contribution in [0.4, 0.5) is 4.39 Å². The van der Waals surface area contributed by atoms with Crippen molar-refractivity contribution in [3.8, 4) is 5.75 Å². The summed E-state index contributed by atoms with van der Waals surface area (Å²) in [6.45, 7) is 0.629. The van der Waals surface area contributed by atoms with Gasteiger partial charge in [0.2, 0.25) is 0 Å². The molecule has 0 aliphatic carbocycles. The van der Waals surface area contributed by atoms with E-state index in [0.717, 1.165) is 5.56 Å². The molecule has 2 aromatic carbocycles. The van der Waals surface area contributed by atoms with Gasteiger partial charge in [-0.15, -0.1) is 0 Å². The fourth-order valence-electron chi connectivity index (χ4n) is 1.78. The molecular weight excluding hydrogens is 277 g/mol. The van der Waals surface area contributed by atoms with Gasteiger partial charge in [0.1, 0.15) is 18.2 Å². The van der Waals surface area contributed by atoms with Crippen LogP contribution in [0.1, 0.15) is 5.56 Å². The number of rotatable bonds is 6. The zero-order valence-electron chi connectivity index (χ0n) is 10.9. The van der Waals surface area contributed by atoms with Crippen LogP contribution in [0.3, 0.4) is 0 Å². The summed E-state index contributed by atoms with van der Waals surface area (Å²) >= 11 is 0. The topological polar surface area (TPSA) is 52.3 Å². The number of halogens is 1. The van der Waals surface area contributed by atoms with Crippen molar-refractivity contribution in [1.82, 2.24) is 0 Å². The number of hydrogen-bond acceptors (Lipinski definition) is 3. The Balaban J connectivity index is 1.93. The highest BCUT2D eigenvalue weighted by Crippen LogP contribution is 2.17. The highest BCUT2D eigenvalue weighted by molar-refractivity contribution is 7.85. The summed E-state index contributed by atoms with van der Waals surface area (Å²) in [5.74, 6) is 0.466. The summed E-state index contributed by atoms with van der Waals surface area (Å²) in [5, 5.41) is 0. The second kappa shape index (κ2) is 7.17. The quantitative estimate of drug-likeness (QED) is 0.890. The summed E-state index contributed by atoms with van der Waals surface area (Å²) in [6, 6.07) is 13.5. The van der Waals surface area contributed by atoms with E-state index in [-0.39, 0.29) is 17.3 Å². The highest BCUT2D eigenvalue weighted by Gasteiger charge is 2.09. The number of nitrogens with two attached hydrogens (primary N) is 1. The van der Waals surface area contributed by atoms with Crippen LogP contribution in [0, 0.1) is 5.82 Å². The first kappa shape index (κ1) is 14.7. The molecule has 0 spiro atoms. The van der Waals surface area contributed by atoms with Crippen molar-refractivity contribution in [1.29, 1.82) is 0 Å². The van der Waals surface area contributed by atoms with Crippen LogP contribution >= 0.6 is 0 Å². The number of para-hydroxylation sites is 1. The van der Waals surface area contributed by atoms with Gasteiger partial charge in [0, 0.05) is 12.1 Å². The molecule has 0 saturated carbocycles. The zero-order valence-corrected chi connectivity index (χ0v) is 11.7. The van der Waals surface area contributed by atoms with Gasteiger partial charge in [-0.25, -0.2) is 4.39 Å². The van der Waals surface area contributed by atoms with Crippen LogP contribution in [0.15, 0.2) is 53.4 Å². The Morgan fingerprint density at radius 2 is 1.80 bits per heavy atom. The van der Waals surface area contributed by atoms with E-state index in [1.807, 2.05) is 24.3 Å². The van der Waals surface area contributed by atoms with Gasteiger partial charge < -0.3 is 10.5 Å². The molecule has 0 amide bonds. The first-order valence-electron chi connectivity index (χ1n) is 6.26. The van der Waals surface area contributed by atoms with Crippen LogP contribution < -0.4 is 10.5 Å². The van der Waals surface area contributed by atoms with Crippen molar-refractivity contribution in [3.05, 3.63) is 59.9 Å².